The number of nitrogens with one attached hydrogen (secondary N) is 2. The molecule has 3 aromatic heterocycles. The average molecular weight is 545 g/mol. The van der Waals surface area contributed by atoms with E-state index >= 15 is 0 Å². The van der Waals surface area contributed by atoms with E-state index < -0.39 is 16.1 Å². The van der Waals surface area contributed by atoms with E-state index in [2.05, 4.69) is 25.4 Å². The Labute approximate surface area is 222 Å². The van der Waals surface area contributed by atoms with Crippen molar-refractivity contribution in [1.82, 2.24) is 25.4 Å². The number of aromatic hydroxyl groups is 1. The molecule has 1 unspecified atom stereocenters. The van der Waals surface area contributed by atoms with Gasteiger partial charge in [0.1, 0.15) is 5.75 Å². The topological polar surface area (TPSA) is 128 Å². The monoisotopic (exact) mass is 544 g/mol. The zero-order chi connectivity index (χ0) is 26.4. The summed E-state index contributed by atoms with van der Waals surface area (Å²) in [7, 11) is -3.86. The number of anilines is 1. The number of para-hydroxylation sites is 1. The number of hydrogen-bond acceptors (Lipinski definition) is 6. The van der Waals surface area contributed by atoms with Crippen LogP contribution in [-0.2, 0) is 10.0 Å². The van der Waals surface area contributed by atoms with Crippen molar-refractivity contribution in [2.75, 3.05) is 4.31 Å². The van der Waals surface area contributed by atoms with Gasteiger partial charge in [0.2, 0.25) is 0 Å². The Morgan fingerprint density at radius 3 is 2.53 bits per heavy atom. The Balaban J connectivity index is 0.000000169. The average Bonchev–Trinajstić information content (AvgIpc) is 3.60. The van der Waals surface area contributed by atoms with E-state index in [1.54, 1.807) is 25.4 Å². The summed E-state index contributed by atoms with van der Waals surface area (Å²) in [4.78, 5) is 4.45. The van der Waals surface area contributed by atoms with Crippen LogP contribution in [0.3, 0.4) is 0 Å². The molecule has 0 aliphatic carbocycles. The Hall–Kier alpha value is -4.41. The number of sulfonamides is 1. The predicted octanol–water partition coefficient (Wildman–Crippen LogP) is 5.82. The molecule has 7 rings (SSSR count). The third kappa shape index (κ3) is 3.94. The summed E-state index contributed by atoms with van der Waals surface area (Å²) >= 11 is 5.88. The van der Waals surface area contributed by atoms with Crippen molar-refractivity contribution in [2.24, 2.45) is 0 Å². The van der Waals surface area contributed by atoms with E-state index in [9.17, 15) is 13.5 Å². The molecule has 0 bridgehead atoms. The van der Waals surface area contributed by atoms with E-state index in [0.29, 0.717) is 16.3 Å². The maximum Gasteiger partial charge on any atom is 0.264 e. The summed E-state index contributed by atoms with van der Waals surface area (Å²) in [6, 6.07) is 18.2. The van der Waals surface area contributed by atoms with Gasteiger partial charge < -0.3 is 5.11 Å². The number of phenolic OH excluding ortho intramolecular Hbond substituents is 1. The quantitative estimate of drug-likeness (QED) is 0.252. The van der Waals surface area contributed by atoms with Crippen molar-refractivity contribution in [3.05, 3.63) is 95.9 Å². The van der Waals surface area contributed by atoms with Crippen LogP contribution in [-0.4, -0.2) is 38.9 Å². The van der Waals surface area contributed by atoms with E-state index in [-0.39, 0.29) is 10.6 Å². The van der Waals surface area contributed by atoms with Gasteiger partial charge in [-0.2, -0.15) is 10.2 Å². The van der Waals surface area contributed by atoms with Crippen LogP contribution in [0.2, 0.25) is 5.02 Å². The summed E-state index contributed by atoms with van der Waals surface area (Å²) in [6.07, 6.45) is 5.25. The fourth-order valence-corrected chi connectivity index (χ4v) is 6.45. The fourth-order valence-electron chi connectivity index (χ4n) is 4.68. The van der Waals surface area contributed by atoms with E-state index in [4.69, 9.17) is 11.6 Å². The molecule has 1 aliphatic heterocycles. The molecule has 0 fully saturated rings. The van der Waals surface area contributed by atoms with Gasteiger partial charge in [0.15, 0.2) is 0 Å². The molecule has 38 heavy (non-hydrogen) atoms. The van der Waals surface area contributed by atoms with Crippen LogP contribution in [0.5, 0.6) is 5.75 Å². The van der Waals surface area contributed by atoms with Gasteiger partial charge in [-0.15, -0.1) is 0 Å². The number of aromatic amines is 2. The number of hydrogen-bond donors (Lipinski definition) is 3. The van der Waals surface area contributed by atoms with Crippen molar-refractivity contribution in [3.63, 3.8) is 0 Å². The highest BCUT2D eigenvalue weighted by Gasteiger charge is 2.38. The third-order valence-corrected chi connectivity index (χ3v) is 8.66. The minimum Gasteiger partial charge on any atom is -0.508 e. The lowest BCUT2D eigenvalue weighted by molar-refractivity contribution is 0.475. The fraction of sp³-hybridized carbons (Fsp3) is 0.0741. The Bertz CT molecular complexity index is 1900. The molecule has 0 saturated carbocycles. The Morgan fingerprint density at radius 1 is 0.947 bits per heavy atom. The molecular weight excluding hydrogens is 524 g/mol. The second kappa shape index (κ2) is 9.16. The van der Waals surface area contributed by atoms with Crippen molar-refractivity contribution < 1.29 is 13.5 Å². The van der Waals surface area contributed by atoms with Crippen LogP contribution in [0.15, 0.2) is 90.2 Å². The lowest BCUT2D eigenvalue weighted by Crippen LogP contribution is -2.36. The number of nitrogens with zero attached hydrogens (tertiary/aromatic N) is 4. The number of H-pyrrole nitrogens is 2. The number of phenols is 1. The van der Waals surface area contributed by atoms with Crippen LogP contribution in [0.4, 0.5) is 5.69 Å². The minimum atomic E-state index is -3.86. The lowest BCUT2D eigenvalue weighted by Gasteiger charge is -2.35. The van der Waals surface area contributed by atoms with E-state index in [0.717, 1.165) is 33.1 Å². The third-order valence-electron chi connectivity index (χ3n) is 6.51. The molecular formula is C27H21ClN6O3S. The van der Waals surface area contributed by atoms with Gasteiger partial charge in [0.25, 0.3) is 10.0 Å². The summed E-state index contributed by atoms with van der Waals surface area (Å²) in [5.41, 5.74) is 4.66. The van der Waals surface area contributed by atoms with E-state index in [1.807, 2.05) is 30.5 Å². The number of fused-ring (bicyclic) bond motifs is 6. The first-order valence-electron chi connectivity index (χ1n) is 11.7. The summed E-state index contributed by atoms with van der Waals surface area (Å²) in [6.45, 7) is 1.79. The van der Waals surface area contributed by atoms with Crippen LogP contribution in [0.1, 0.15) is 18.5 Å². The first kappa shape index (κ1) is 24.0. The normalized spacial score (nSPS) is 14.6. The molecule has 11 heteroatoms. The zero-order valence-corrected chi connectivity index (χ0v) is 21.6. The maximum absolute atomic E-state index is 13.3. The van der Waals surface area contributed by atoms with Crippen molar-refractivity contribution >= 4 is 49.1 Å². The SMILES string of the molecule is CC1c2cn[nH]c2-c2ccc(O)cc2N1S(=O)(=O)c1ccc(Cl)cc1.c1ccc2c(c1)ncc1cn[nH]c12. The second-order valence-electron chi connectivity index (χ2n) is 8.81. The van der Waals surface area contributed by atoms with Crippen LogP contribution in [0.25, 0.3) is 33.1 Å². The molecule has 6 aromatic rings. The standard InChI is InChI=1S/C17H14ClN3O3S.C10H7N3/c1-10-15-9-19-20-17(15)14-7-4-12(22)8-16(14)21(10)25(23,24)13-5-2-11(18)3-6-13;1-2-4-9-8(3-1)10-7(5-11-9)6-12-13-10/h2-10,22H,1H3,(H,19,20);1-6H,(H,12,13). The summed E-state index contributed by atoms with van der Waals surface area (Å²) in [5, 5.41) is 26.5. The largest absolute Gasteiger partial charge is 0.508 e. The maximum atomic E-state index is 13.3. The highest BCUT2D eigenvalue weighted by Crippen LogP contribution is 2.47. The number of rotatable bonds is 2. The second-order valence-corrected chi connectivity index (χ2v) is 11.1. The molecule has 3 N–H and O–H groups in total. The molecule has 9 nitrogen and oxygen atoms in total. The number of aromatic nitrogens is 5. The van der Waals surface area contributed by atoms with Crippen molar-refractivity contribution in [1.29, 1.82) is 0 Å². The van der Waals surface area contributed by atoms with Gasteiger partial charge in [-0.25, -0.2) is 8.42 Å². The highest BCUT2D eigenvalue weighted by molar-refractivity contribution is 7.92. The molecule has 0 amide bonds. The van der Waals surface area contributed by atoms with Gasteiger partial charge in [-0.05, 0) is 49.4 Å². The molecule has 1 atom stereocenters. The number of halogens is 1. The van der Waals surface area contributed by atoms with Crippen LogP contribution >= 0.6 is 11.6 Å². The van der Waals surface area contributed by atoms with Gasteiger partial charge in [0.05, 0.1) is 45.7 Å². The molecule has 190 valence electrons. The molecule has 4 heterocycles. The minimum absolute atomic E-state index is 0.00905. The van der Waals surface area contributed by atoms with Gasteiger partial charge >= 0.3 is 0 Å². The first-order valence-corrected chi connectivity index (χ1v) is 13.5. The van der Waals surface area contributed by atoms with Gasteiger partial charge in [-0.3, -0.25) is 19.5 Å². The molecule has 1 aliphatic rings. The highest BCUT2D eigenvalue weighted by atomic mass is 35.5. The molecule has 0 radical (unpaired) electrons. The number of benzene rings is 3. The number of pyridine rings is 1. The summed E-state index contributed by atoms with van der Waals surface area (Å²) < 4.78 is 27.9. The smallest absolute Gasteiger partial charge is 0.264 e. The van der Waals surface area contributed by atoms with E-state index in [1.165, 1.54) is 40.7 Å². The Morgan fingerprint density at radius 2 is 1.71 bits per heavy atom. The molecule has 0 saturated heterocycles. The Kier molecular flexibility index (Phi) is 5.77. The van der Waals surface area contributed by atoms with Gasteiger partial charge in [-0.1, -0.05) is 29.8 Å². The van der Waals surface area contributed by atoms with Crippen molar-refractivity contribution in [3.8, 4) is 17.0 Å². The summed E-state index contributed by atoms with van der Waals surface area (Å²) in [5.74, 6) is -0.00905. The zero-order valence-electron chi connectivity index (χ0n) is 20.0. The molecule has 0 spiro atoms. The first-order chi connectivity index (χ1) is 18.3. The van der Waals surface area contributed by atoms with Crippen LogP contribution in [0, 0.1) is 0 Å². The van der Waals surface area contributed by atoms with Crippen molar-refractivity contribution in [2.45, 2.75) is 17.9 Å². The molecule has 3 aromatic carbocycles. The predicted molar refractivity (Wildman–Crippen MR) is 147 cm³/mol. The van der Waals surface area contributed by atoms with Crippen LogP contribution < -0.4 is 4.31 Å². The van der Waals surface area contributed by atoms with Gasteiger partial charge in [0, 0.05) is 39.2 Å². The lowest BCUT2D eigenvalue weighted by atomic mass is 9.97.